The van der Waals surface area contributed by atoms with Crippen LogP contribution < -0.4 is 0 Å². The molecule has 0 aromatic rings. The Balaban J connectivity index is 0.000000218. The van der Waals surface area contributed by atoms with Gasteiger partial charge in [0.2, 0.25) is 0 Å². The van der Waals surface area contributed by atoms with Crippen LogP contribution in [0.2, 0.25) is 0 Å². The molecule has 0 amide bonds. The Hall–Kier alpha value is -0.860. The van der Waals surface area contributed by atoms with Gasteiger partial charge < -0.3 is 9.53 Å². The molecule has 1 aliphatic heterocycles. The molecule has 1 fully saturated rings. The molecule has 0 spiro atoms. The lowest BCUT2D eigenvalue weighted by Gasteiger charge is -1.88. The van der Waals surface area contributed by atoms with Crippen molar-refractivity contribution in [1.29, 1.82) is 0 Å². The summed E-state index contributed by atoms with van der Waals surface area (Å²) >= 11 is 0. The van der Waals surface area contributed by atoms with E-state index in [2.05, 4.69) is 4.74 Å². The Bertz CT molecular complexity index is 147. The lowest BCUT2D eigenvalue weighted by Crippen LogP contribution is -2.00. The van der Waals surface area contributed by atoms with Crippen LogP contribution in [0.3, 0.4) is 0 Å². The van der Waals surface area contributed by atoms with E-state index in [0.717, 1.165) is 6.42 Å². The monoisotopic (exact) mass is 158 g/mol. The molecule has 64 valence electrons. The van der Waals surface area contributed by atoms with E-state index in [-0.39, 0.29) is 17.7 Å². The van der Waals surface area contributed by atoms with E-state index in [1.165, 1.54) is 13.8 Å². The van der Waals surface area contributed by atoms with Gasteiger partial charge in [-0.1, -0.05) is 6.92 Å². The Morgan fingerprint density at radius 2 is 2.00 bits per heavy atom. The predicted octanol–water partition coefficient (Wildman–Crippen LogP) is 1.16. The molecule has 0 radical (unpaired) electrons. The molecular weight excluding hydrogens is 144 g/mol. The van der Waals surface area contributed by atoms with Gasteiger partial charge in [-0.2, -0.15) is 0 Å². The van der Waals surface area contributed by atoms with Crippen LogP contribution in [0.25, 0.3) is 0 Å². The Kier molecular flexibility index (Phi) is 4.50. The predicted molar refractivity (Wildman–Crippen MR) is 41.1 cm³/mol. The average Bonchev–Trinajstić information content (AvgIpc) is 2.15. The molecule has 1 atom stereocenters. The number of carbonyl (C=O) groups excluding carboxylic acids is 2. The number of cyclic esters (lactones) is 1. The molecule has 1 aliphatic rings. The van der Waals surface area contributed by atoms with Crippen LogP contribution in [0, 0.1) is 5.92 Å². The molecule has 1 rings (SSSR count). The third kappa shape index (κ3) is 5.58. The van der Waals surface area contributed by atoms with E-state index in [0.29, 0.717) is 6.61 Å². The van der Waals surface area contributed by atoms with E-state index in [9.17, 15) is 9.59 Å². The zero-order chi connectivity index (χ0) is 8.85. The average molecular weight is 158 g/mol. The van der Waals surface area contributed by atoms with Gasteiger partial charge in [-0.25, -0.2) is 0 Å². The van der Waals surface area contributed by atoms with Crippen LogP contribution >= 0.6 is 0 Å². The van der Waals surface area contributed by atoms with Gasteiger partial charge in [0, 0.05) is 0 Å². The first-order valence-electron chi connectivity index (χ1n) is 3.68. The standard InChI is InChI=1S/C5H8O2.C3H6O/c1-4-2-3-7-5(4)6;1-3(2)4/h4H,2-3H2,1H3;1-2H3. The van der Waals surface area contributed by atoms with Crippen molar-refractivity contribution in [2.45, 2.75) is 27.2 Å². The smallest absolute Gasteiger partial charge is 0.308 e. The van der Waals surface area contributed by atoms with Gasteiger partial charge in [-0.05, 0) is 20.3 Å². The summed E-state index contributed by atoms with van der Waals surface area (Å²) < 4.78 is 4.63. The first-order chi connectivity index (χ1) is 5.04. The first kappa shape index (κ1) is 10.1. The molecule has 3 nitrogen and oxygen atoms in total. The highest BCUT2D eigenvalue weighted by molar-refractivity contribution is 5.73. The van der Waals surface area contributed by atoms with Gasteiger partial charge in [-0.15, -0.1) is 0 Å². The number of hydrogen-bond acceptors (Lipinski definition) is 3. The fourth-order valence-electron chi connectivity index (χ4n) is 0.596. The molecule has 3 heteroatoms. The summed E-state index contributed by atoms with van der Waals surface area (Å²) in [5.74, 6) is 0.278. The molecule has 0 aromatic carbocycles. The van der Waals surface area contributed by atoms with Crippen molar-refractivity contribution in [3.05, 3.63) is 0 Å². The Labute approximate surface area is 66.7 Å². The topological polar surface area (TPSA) is 43.4 Å². The number of ether oxygens (including phenoxy) is 1. The normalized spacial score (nSPS) is 21.7. The fraction of sp³-hybridized carbons (Fsp3) is 0.750. The fourth-order valence-corrected chi connectivity index (χ4v) is 0.596. The summed E-state index contributed by atoms with van der Waals surface area (Å²) in [6.07, 6.45) is 0.902. The van der Waals surface area contributed by atoms with Crippen molar-refractivity contribution in [3.63, 3.8) is 0 Å². The number of rotatable bonds is 0. The van der Waals surface area contributed by atoms with Gasteiger partial charge >= 0.3 is 5.97 Å². The highest BCUT2D eigenvalue weighted by atomic mass is 16.5. The summed E-state index contributed by atoms with van der Waals surface area (Å²) in [6.45, 7) is 5.56. The highest BCUT2D eigenvalue weighted by Crippen LogP contribution is 2.11. The van der Waals surface area contributed by atoms with E-state index >= 15 is 0 Å². The summed E-state index contributed by atoms with van der Waals surface area (Å²) in [6, 6.07) is 0. The molecule has 0 saturated carbocycles. The largest absolute Gasteiger partial charge is 0.465 e. The molecule has 0 aliphatic carbocycles. The second-order valence-corrected chi connectivity index (χ2v) is 2.77. The van der Waals surface area contributed by atoms with Crippen LogP contribution in [-0.4, -0.2) is 18.4 Å². The summed E-state index contributed by atoms with van der Waals surface area (Å²) in [5.41, 5.74) is 0. The lowest BCUT2D eigenvalue weighted by molar-refractivity contribution is -0.140. The van der Waals surface area contributed by atoms with E-state index in [1.54, 1.807) is 0 Å². The zero-order valence-corrected chi connectivity index (χ0v) is 7.22. The van der Waals surface area contributed by atoms with Gasteiger partial charge in [0.1, 0.15) is 5.78 Å². The van der Waals surface area contributed by atoms with Crippen molar-refractivity contribution in [2.75, 3.05) is 6.61 Å². The molecule has 1 heterocycles. The molecule has 1 saturated heterocycles. The van der Waals surface area contributed by atoms with Gasteiger partial charge in [0.15, 0.2) is 0 Å². The number of hydrogen-bond donors (Lipinski definition) is 0. The highest BCUT2D eigenvalue weighted by Gasteiger charge is 2.20. The van der Waals surface area contributed by atoms with Crippen molar-refractivity contribution in [1.82, 2.24) is 0 Å². The SMILES string of the molecule is CC(C)=O.CC1CCOC1=O. The number of Topliss-reactive ketones (excluding diaryl/α,β-unsaturated/α-hetero) is 1. The Morgan fingerprint density at radius 3 is 2.09 bits per heavy atom. The van der Waals surface area contributed by atoms with Crippen LogP contribution in [-0.2, 0) is 14.3 Å². The third-order valence-electron chi connectivity index (χ3n) is 1.20. The van der Waals surface area contributed by atoms with Gasteiger partial charge in [0.05, 0.1) is 12.5 Å². The van der Waals surface area contributed by atoms with E-state index < -0.39 is 0 Å². The van der Waals surface area contributed by atoms with Crippen molar-refractivity contribution >= 4 is 11.8 Å². The first-order valence-corrected chi connectivity index (χ1v) is 3.68. The molecule has 0 bridgehead atoms. The maximum absolute atomic E-state index is 10.4. The minimum Gasteiger partial charge on any atom is -0.465 e. The molecule has 0 N–H and O–H groups in total. The van der Waals surface area contributed by atoms with Gasteiger partial charge in [-0.3, -0.25) is 4.79 Å². The minimum absolute atomic E-state index is 0.0417. The van der Waals surface area contributed by atoms with E-state index in [1.807, 2.05) is 6.92 Å². The number of carbonyl (C=O) groups is 2. The molecule has 11 heavy (non-hydrogen) atoms. The summed E-state index contributed by atoms with van der Waals surface area (Å²) in [4.78, 5) is 19.8. The Morgan fingerprint density at radius 1 is 1.55 bits per heavy atom. The number of ketones is 1. The zero-order valence-electron chi connectivity index (χ0n) is 7.22. The maximum atomic E-state index is 10.4. The second-order valence-electron chi connectivity index (χ2n) is 2.77. The van der Waals surface area contributed by atoms with Gasteiger partial charge in [0.25, 0.3) is 0 Å². The molecule has 1 unspecified atom stereocenters. The van der Waals surface area contributed by atoms with E-state index in [4.69, 9.17) is 0 Å². The van der Waals surface area contributed by atoms with Crippen LogP contribution in [0.1, 0.15) is 27.2 Å². The van der Waals surface area contributed by atoms with Crippen molar-refractivity contribution in [3.8, 4) is 0 Å². The summed E-state index contributed by atoms with van der Waals surface area (Å²) in [7, 11) is 0. The second kappa shape index (κ2) is 4.88. The van der Waals surface area contributed by atoms with Crippen LogP contribution in [0.4, 0.5) is 0 Å². The quantitative estimate of drug-likeness (QED) is 0.497. The minimum atomic E-state index is -0.0417. The maximum Gasteiger partial charge on any atom is 0.308 e. The molecule has 0 aromatic heterocycles. The molecular formula is C8H14O3. The van der Waals surface area contributed by atoms with Crippen molar-refractivity contribution in [2.24, 2.45) is 5.92 Å². The van der Waals surface area contributed by atoms with Crippen LogP contribution in [0.5, 0.6) is 0 Å². The van der Waals surface area contributed by atoms with Crippen molar-refractivity contribution < 1.29 is 14.3 Å². The number of esters is 1. The third-order valence-corrected chi connectivity index (χ3v) is 1.20. The lowest BCUT2D eigenvalue weighted by atomic mass is 10.2. The summed E-state index contributed by atoms with van der Waals surface area (Å²) in [5, 5.41) is 0. The van der Waals surface area contributed by atoms with Crippen LogP contribution in [0.15, 0.2) is 0 Å².